The van der Waals surface area contributed by atoms with Gasteiger partial charge in [0.25, 0.3) is 0 Å². The molecule has 1 aromatic carbocycles. The number of nitrogens with zero attached hydrogens (tertiary/aromatic N) is 2. The van der Waals surface area contributed by atoms with Gasteiger partial charge >= 0.3 is 0 Å². The molecule has 4 heteroatoms. The van der Waals surface area contributed by atoms with Crippen LogP contribution in [0.5, 0.6) is 0 Å². The molecule has 0 saturated heterocycles. The van der Waals surface area contributed by atoms with E-state index in [1.54, 1.807) is 6.20 Å². The molecule has 0 radical (unpaired) electrons. The third-order valence-corrected chi connectivity index (χ3v) is 3.42. The van der Waals surface area contributed by atoms with Crippen LogP contribution in [0.2, 0.25) is 0 Å². The zero-order valence-electron chi connectivity index (χ0n) is 11.3. The Morgan fingerprint density at radius 3 is 2.85 bits per heavy atom. The summed E-state index contributed by atoms with van der Waals surface area (Å²) < 4.78 is 0. The van der Waals surface area contributed by atoms with Crippen LogP contribution in [-0.4, -0.2) is 9.97 Å². The van der Waals surface area contributed by atoms with Gasteiger partial charge in [-0.1, -0.05) is 6.07 Å². The second-order valence-corrected chi connectivity index (χ2v) is 4.74. The molecule has 0 bridgehead atoms. The molecule has 4 nitrogen and oxygen atoms in total. The Bertz CT molecular complexity index is 752. The van der Waals surface area contributed by atoms with Crippen LogP contribution in [0, 0.1) is 6.92 Å². The molecule has 0 amide bonds. The van der Waals surface area contributed by atoms with Gasteiger partial charge in [0.05, 0.1) is 12.2 Å². The number of nitrogens with one attached hydrogen (secondary N) is 1. The Kier molecular flexibility index (Phi) is 3.21. The number of aromatic nitrogens is 2. The lowest BCUT2D eigenvalue weighted by molar-refractivity contribution is 1.02. The van der Waals surface area contributed by atoms with Gasteiger partial charge in [-0.25, -0.2) is 0 Å². The van der Waals surface area contributed by atoms with Gasteiger partial charge in [-0.15, -0.1) is 0 Å². The Morgan fingerprint density at radius 2 is 2.00 bits per heavy atom. The molecule has 0 aliphatic heterocycles. The van der Waals surface area contributed by atoms with Crippen molar-refractivity contribution in [2.75, 3.05) is 11.1 Å². The second-order valence-electron chi connectivity index (χ2n) is 4.74. The van der Waals surface area contributed by atoms with Crippen molar-refractivity contribution in [1.82, 2.24) is 9.97 Å². The molecule has 0 unspecified atom stereocenters. The lowest BCUT2D eigenvalue weighted by Crippen LogP contribution is -2.04. The molecule has 3 N–H and O–H groups in total. The van der Waals surface area contributed by atoms with Gasteiger partial charge in [0.15, 0.2) is 0 Å². The molecule has 100 valence electrons. The number of aryl methyl sites for hydroxylation is 1. The van der Waals surface area contributed by atoms with Crippen molar-refractivity contribution in [1.29, 1.82) is 0 Å². The van der Waals surface area contributed by atoms with Crippen molar-refractivity contribution in [3.63, 3.8) is 0 Å². The van der Waals surface area contributed by atoms with Crippen LogP contribution in [0.1, 0.15) is 11.3 Å². The highest BCUT2D eigenvalue weighted by Crippen LogP contribution is 2.27. The Hall–Kier alpha value is -2.62. The lowest BCUT2D eigenvalue weighted by Gasteiger charge is -2.11. The van der Waals surface area contributed by atoms with Crippen molar-refractivity contribution in [2.24, 2.45) is 0 Å². The van der Waals surface area contributed by atoms with Gasteiger partial charge in [-0.3, -0.25) is 9.97 Å². The zero-order chi connectivity index (χ0) is 13.9. The summed E-state index contributed by atoms with van der Waals surface area (Å²) in [5.41, 5.74) is 10.00. The van der Waals surface area contributed by atoms with Gasteiger partial charge in [0, 0.05) is 40.7 Å². The van der Waals surface area contributed by atoms with Crippen molar-refractivity contribution in [3.05, 3.63) is 60.2 Å². The maximum atomic E-state index is 5.99. The molecular formula is C16H16N4. The maximum absolute atomic E-state index is 5.99. The second kappa shape index (κ2) is 5.17. The first-order valence-electron chi connectivity index (χ1n) is 6.52. The molecular weight excluding hydrogens is 248 g/mol. The lowest BCUT2D eigenvalue weighted by atomic mass is 10.1. The van der Waals surface area contributed by atoms with E-state index in [9.17, 15) is 0 Å². The van der Waals surface area contributed by atoms with Crippen molar-refractivity contribution in [3.8, 4) is 0 Å². The van der Waals surface area contributed by atoms with E-state index in [2.05, 4.69) is 28.3 Å². The van der Waals surface area contributed by atoms with E-state index >= 15 is 0 Å². The summed E-state index contributed by atoms with van der Waals surface area (Å²) in [5.74, 6) is 0. The summed E-state index contributed by atoms with van der Waals surface area (Å²) in [4.78, 5) is 8.56. The highest BCUT2D eigenvalue weighted by molar-refractivity contribution is 6.00. The summed E-state index contributed by atoms with van der Waals surface area (Å²) in [7, 11) is 0. The van der Waals surface area contributed by atoms with Crippen LogP contribution < -0.4 is 11.1 Å². The maximum Gasteiger partial charge on any atom is 0.0623 e. The van der Waals surface area contributed by atoms with E-state index in [0.717, 1.165) is 27.8 Å². The first kappa shape index (κ1) is 12.4. The smallest absolute Gasteiger partial charge is 0.0623 e. The van der Waals surface area contributed by atoms with Crippen LogP contribution in [0.25, 0.3) is 10.8 Å². The number of benzene rings is 1. The molecule has 0 aliphatic rings. The zero-order valence-corrected chi connectivity index (χ0v) is 11.3. The van der Waals surface area contributed by atoms with Crippen LogP contribution >= 0.6 is 0 Å². The molecule has 0 saturated carbocycles. The number of nitrogens with two attached hydrogens (primary N) is 1. The average molecular weight is 264 g/mol. The number of anilines is 2. The van der Waals surface area contributed by atoms with Gasteiger partial charge in [0.2, 0.25) is 0 Å². The summed E-state index contributed by atoms with van der Waals surface area (Å²) in [6, 6.07) is 9.84. The molecule has 0 fully saturated rings. The molecule has 3 rings (SSSR count). The fraction of sp³-hybridized carbons (Fsp3) is 0.125. The predicted octanol–water partition coefficient (Wildman–Crippen LogP) is 3.13. The Morgan fingerprint density at radius 1 is 1.10 bits per heavy atom. The van der Waals surface area contributed by atoms with Crippen LogP contribution in [0.4, 0.5) is 11.4 Å². The number of pyridine rings is 2. The van der Waals surface area contributed by atoms with Gasteiger partial charge in [-0.05, 0) is 36.8 Å². The van der Waals surface area contributed by atoms with Crippen molar-refractivity contribution < 1.29 is 0 Å². The minimum atomic E-state index is 0.681. The number of nitrogen functional groups attached to an aromatic ring is 1. The number of hydrogen-bond donors (Lipinski definition) is 2. The predicted molar refractivity (Wildman–Crippen MR) is 82.5 cm³/mol. The number of fused-ring (bicyclic) bond motifs is 1. The van der Waals surface area contributed by atoms with Gasteiger partial charge in [-0.2, -0.15) is 0 Å². The summed E-state index contributed by atoms with van der Waals surface area (Å²) in [6.45, 7) is 2.74. The molecule has 3 aromatic rings. The normalized spacial score (nSPS) is 10.7. The monoisotopic (exact) mass is 264 g/mol. The Balaban J connectivity index is 1.92. The molecule has 2 aromatic heterocycles. The minimum absolute atomic E-state index is 0.681. The van der Waals surface area contributed by atoms with Crippen LogP contribution in [0.15, 0.2) is 48.9 Å². The van der Waals surface area contributed by atoms with Crippen molar-refractivity contribution in [2.45, 2.75) is 13.5 Å². The third-order valence-electron chi connectivity index (χ3n) is 3.42. The van der Waals surface area contributed by atoms with E-state index in [1.807, 2.05) is 36.7 Å². The SMILES string of the molecule is Cc1cccnc1CNc1ccc(N)c2ccncc12. The topological polar surface area (TPSA) is 63.8 Å². The average Bonchev–Trinajstić information content (AvgIpc) is 2.48. The molecule has 0 spiro atoms. The summed E-state index contributed by atoms with van der Waals surface area (Å²) in [5, 5.41) is 5.46. The fourth-order valence-corrected chi connectivity index (χ4v) is 2.25. The summed E-state index contributed by atoms with van der Waals surface area (Å²) >= 11 is 0. The van der Waals surface area contributed by atoms with Gasteiger partial charge < -0.3 is 11.1 Å². The Labute approximate surface area is 117 Å². The summed E-state index contributed by atoms with van der Waals surface area (Å²) in [6.07, 6.45) is 5.40. The highest BCUT2D eigenvalue weighted by Gasteiger charge is 2.05. The molecule has 0 aliphatic carbocycles. The van der Waals surface area contributed by atoms with E-state index in [0.29, 0.717) is 6.54 Å². The van der Waals surface area contributed by atoms with E-state index in [1.165, 1.54) is 5.56 Å². The molecule has 2 heterocycles. The first-order chi connectivity index (χ1) is 9.75. The quantitative estimate of drug-likeness (QED) is 0.713. The van der Waals surface area contributed by atoms with Crippen LogP contribution in [-0.2, 0) is 6.54 Å². The number of rotatable bonds is 3. The van der Waals surface area contributed by atoms with Gasteiger partial charge in [0.1, 0.15) is 0 Å². The third kappa shape index (κ3) is 2.28. The van der Waals surface area contributed by atoms with E-state index < -0.39 is 0 Å². The first-order valence-corrected chi connectivity index (χ1v) is 6.52. The largest absolute Gasteiger partial charge is 0.398 e. The van der Waals surface area contributed by atoms with E-state index in [-0.39, 0.29) is 0 Å². The van der Waals surface area contributed by atoms with Crippen LogP contribution in [0.3, 0.4) is 0 Å². The highest BCUT2D eigenvalue weighted by atomic mass is 14.9. The molecule has 20 heavy (non-hydrogen) atoms. The van der Waals surface area contributed by atoms with E-state index in [4.69, 9.17) is 5.73 Å². The minimum Gasteiger partial charge on any atom is -0.398 e. The standard InChI is InChI=1S/C16H16N4/c1-11-3-2-7-19-16(11)10-20-15-5-4-14(17)12-6-8-18-9-13(12)15/h2-9,20H,10,17H2,1H3. The van der Waals surface area contributed by atoms with Crippen molar-refractivity contribution >= 4 is 22.1 Å². The fourth-order valence-electron chi connectivity index (χ4n) is 2.25. The number of hydrogen-bond acceptors (Lipinski definition) is 4. The molecule has 0 atom stereocenters.